The first kappa shape index (κ1) is 16.0. The van der Waals surface area contributed by atoms with Crippen LogP contribution >= 0.6 is 0 Å². The number of rotatable bonds is 6. The monoisotopic (exact) mass is 269 g/mol. The summed E-state index contributed by atoms with van der Waals surface area (Å²) in [6.07, 6.45) is 1.93. The van der Waals surface area contributed by atoms with Gasteiger partial charge in [-0.15, -0.1) is 0 Å². The first-order valence-electron chi connectivity index (χ1n) is 7.30. The van der Waals surface area contributed by atoms with E-state index in [9.17, 15) is 9.59 Å². The first-order chi connectivity index (χ1) is 8.99. The van der Waals surface area contributed by atoms with Crippen LogP contribution in [-0.2, 0) is 9.59 Å². The number of nitrogens with one attached hydrogen (secondary N) is 2. The molecule has 0 spiro atoms. The van der Waals surface area contributed by atoms with Gasteiger partial charge in [-0.2, -0.15) is 0 Å². The second-order valence-corrected chi connectivity index (χ2v) is 5.59. The minimum absolute atomic E-state index is 0.0398. The first-order valence-corrected chi connectivity index (χ1v) is 7.30. The van der Waals surface area contributed by atoms with E-state index in [1.54, 1.807) is 0 Å². The number of hydrogen-bond donors (Lipinski definition) is 2. The van der Waals surface area contributed by atoms with E-state index in [1.807, 2.05) is 4.90 Å². The van der Waals surface area contributed by atoms with Gasteiger partial charge in [-0.25, -0.2) is 0 Å². The van der Waals surface area contributed by atoms with Crippen LogP contribution in [0.3, 0.4) is 0 Å². The van der Waals surface area contributed by atoms with Gasteiger partial charge in [0.25, 0.3) is 0 Å². The SMILES string of the molecule is CCC(CC)N(CC(C)C)C(=O)C1CNC(=O)CN1. The molecule has 1 aliphatic heterocycles. The summed E-state index contributed by atoms with van der Waals surface area (Å²) in [4.78, 5) is 25.7. The van der Waals surface area contributed by atoms with Gasteiger partial charge in [-0.05, 0) is 18.8 Å². The molecule has 0 bridgehead atoms. The summed E-state index contributed by atoms with van der Waals surface area (Å²) >= 11 is 0. The van der Waals surface area contributed by atoms with Crippen LogP contribution in [0.5, 0.6) is 0 Å². The third-order valence-corrected chi connectivity index (χ3v) is 3.54. The van der Waals surface area contributed by atoms with E-state index in [0.29, 0.717) is 12.5 Å². The molecule has 0 aromatic carbocycles. The molecule has 5 nitrogen and oxygen atoms in total. The van der Waals surface area contributed by atoms with Crippen molar-refractivity contribution >= 4 is 11.8 Å². The van der Waals surface area contributed by atoms with E-state index in [0.717, 1.165) is 19.4 Å². The van der Waals surface area contributed by atoms with Crippen molar-refractivity contribution in [3.63, 3.8) is 0 Å². The smallest absolute Gasteiger partial charge is 0.241 e. The summed E-state index contributed by atoms with van der Waals surface area (Å²) in [6.45, 7) is 9.88. The molecule has 2 amide bonds. The third kappa shape index (κ3) is 4.49. The molecule has 110 valence electrons. The number of hydrogen-bond acceptors (Lipinski definition) is 3. The Kier molecular flexibility index (Phi) is 6.28. The third-order valence-electron chi connectivity index (χ3n) is 3.54. The Hall–Kier alpha value is -1.10. The van der Waals surface area contributed by atoms with Gasteiger partial charge in [0.1, 0.15) is 6.04 Å². The van der Waals surface area contributed by atoms with E-state index in [1.165, 1.54) is 0 Å². The van der Waals surface area contributed by atoms with Crippen molar-refractivity contribution in [2.45, 2.75) is 52.6 Å². The number of piperazine rings is 1. The van der Waals surface area contributed by atoms with Crippen molar-refractivity contribution < 1.29 is 9.59 Å². The van der Waals surface area contributed by atoms with Crippen LogP contribution in [-0.4, -0.2) is 48.4 Å². The van der Waals surface area contributed by atoms with Crippen molar-refractivity contribution in [3.8, 4) is 0 Å². The largest absolute Gasteiger partial charge is 0.353 e. The Labute approximate surface area is 116 Å². The van der Waals surface area contributed by atoms with Gasteiger partial charge < -0.3 is 10.2 Å². The molecule has 1 heterocycles. The Bertz CT molecular complexity index is 304. The molecule has 1 aliphatic rings. The molecule has 1 rings (SSSR count). The maximum atomic E-state index is 12.6. The lowest BCUT2D eigenvalue weighted by molar-refractivity contribution is -0.137. The highest BCUT2D eigenvalue weighted by Gasteiger charge is 2.30. The average molecular weight is 269 g/mol. The van der Waals surface area contributed by atoms with Crippen LogP contribution in [0.25, 0.3) is 0 Å². The zero-order valence-electron chi connectivity index (χ0n) is 12.5. The van der Waals surface area contributed by atoms with Crippen molar-refractivity contribution in [1.29, 1.82) is 0 Å². The summed E-state index contributed by atoms with van der Waals surface area (Å²) in [6, 6.07) is 0.00591. The molecule has 19 heavy (non-hydrogen) atoms. The molecular weight excluding hydrogens is 242 g/mol. The standard InChI is InChI=1S/C14H27N3O2/c1-5-11(6-2)17(9-10(3)4)14(19)12-7-16-13(18)8-15-12/h10-12,15H,5-9H2,1-4H3,(H,16,18). The van der Waals surface area contributed by atoms with Crippen LogP contribution in [0.15, 0.2) is 0 Å². The van der Waals surface area contributed by atoms with Crippen LogP contribution < -0.4 is 10.6 Å². The van der Waals surface area contributed by atoms with E-state index in [-0.39, 0.29) is 30.4 Å². The van der Waals surface area contributed by atoms with E-state index in [4.69, 9.17) is 0 Å². The number of carbonyl (C=O) groups is 2. The molecule has 0 aromatic rings. The van der Waals surface area contributed by atoms with Crippen LogP contribution in [0, 0.1) is 5.92 Å². The lowest BCUT2D eigenvalue weighted by Gasteiger charge is -2.36. The van der Waals surface area contributed by atoms with Gasteiger partial charge in [0.15, 0.2) is 0 Å². The quantitative estimate of drug-likeness (QED) is 0.748. The zero-order chi connectivity index (χ0) is 14.4. The molecule has 0 radical (unpaired) electrons. The molecule has 5 heteroatoms. The Morgan fingerprint density at radius 2 is 2.00 bits per heavy atom. The van der Waals surface area contributed by atoms with Gasteiger partial charge in [-0.1, -0.05) is 27.7 Å². The second kappa shape index (κ2) is 7.48. The van der Waals surface area contributed by atoms with Crippen molar-refractivity contribution in [3.05, 3.63) is 0 Å². The number of nitrogens with zero attached hydrogens (tertiary/aromatic N) is 1. The maximum Gasteiger partial charge on any atom is 0.241 e. The van der Waals surface area contributed by atoms with E-state index < -0.39 is 0 Å². The fourth-order valence-electron chi connectivity index (χ4n) is 2.48. The van der Waals surface area contributed by atoms with Gasteiger partial charge in [0.2, 0.25) is 11.8 Å². The fourth-order valence-corrected chi connectivity index (χ4v) is 2.48. The highest BCUT2D eigenvalue weighted by molar-refractivity contribution is 5.87. The predicted octanol–water partition coefficient (Wildman–Crippen LogP) is 0.748. The summed E-state index contributed by atoms with van der Waals surface area (Å²) in [5.41, 5.74) is 0. The van der Waals surface area contributed by atoms with Crippen molar-refractivity contribution in [1.82, 2.24) is 15.5 Å². The summed E-state index contributed by atoms with van der Waals surface area (Å²) in [5.74, 6) is 0.520. The lowest BCUT2D eigenvalue weighted by atomic mass is 10.1. The predicted molar refractivity (Wildman–Crippen MR) is 75.7 cm³/mol. The van der Waals surface area contributed by atoms with E-state index in [2.05, 4.69) is 38.3 Å². The fraction of sp³-hybridized carbons (Fsp3) is 0.857. The average Bonchev–Trinajstić information content (AvgIpc) is 2.38. The van der Waals surface area contributed by atoms with Gasteiger partial charge >= 0.3 is 0 Å². The molecule has 0 aliphatic carbocycles. The Morgan fingerprint density at radius 3 is 2.42 bits per heavy atom. The van der Waals surface area contributed by atoms with Crippen molar-refractivity contribution in [2.24, 2.45) is 5.92 Å². The van der Waals surface area contributed by atoms with Crippen LogP contribution in [0.4, 0.5) is 0 Å². The molecule has 1 unspecified atom stereocenters. The molecule has 1 saturated heterocycles. The molecule has 0 saturated carbocycles. The topological polar surface area (TPSA) is 61.4 Å². The maximum absolute atomic E-state index is 12.6. The normalized spacial score (nSPS) is 19.7. The minimum Gasteiger partial charge on any atom is -0.353 e. The van der Waals surface area contributed by atoms with Gasteiger partial charge in [0, 0.05) is 19.1 Å². The molecule has 2 N–H and O–H groups in total. The van der Waals surface area contributed by atoms with Crippen molar-refractivity contribution in [2.75, 3.05) is 19.6 Å². The highest BCUT2D eigenvalue weighted by Crippen LogP contribution is 2.13. The summed E-state index contributed by atoms with van der Waals surface area (Å²) in [5, 5.41) is 5.77. The molecular formula is C14H27N3O2. The Morgan fingerprint density at radius 1 is 1.37 bits per heavy atom. The second-order valence-electron chi connectivity index (χ2n) is 5.59. The molecule has 1 fully saturated rings. The van der Waals surface area contributed by atoms with E-state index >= 15 is 0 Å². The van der Waals surface area contributed by atoms with Crippen LogP contribution in [0.2, 0.25) is 0 Å². The van der Waals surface area contributed by atoms with Crippen LogP contribution in [0.1, 0.15) is 40.5 Å². The summed E-state index contributed by atoms with van der Waals surface area (Å²) < 4.78 is 0. The minimum atomic E-state index is -0.281. The van der Waals surface area contributed by atoms with Gasteiger partial charge in [-0.3, -0.25) is 14.9 Å². The number of carbonyl (C=O) groups excluding carboxylic acids is 2. The lowest BCUT2D eigenvalue weighted by Crippen LogP contribution is -2.60. The van der Waals surface area contributed by atoms with Gasteiger partial charge in [0.05, 0.1) is 6.54 Å². The Balaban J connectivity index is 2.72. The zero-order valence-corrected chi connectivity index (χ0v) is 12.5. The highest BCUT2D eigenvalue weighted by atomic mass is 16.2. The molecule has 0 aromatic heterocycles. The number of amides is 2. The molecule has 1 atom stereocenters. The summed E-state index contributed by atoms with van der Waals surface area (Å²) in [7, 11) is 0.